The van der Waals surface area contributed by atoms with Crippen molar-refractivity contribution < 1.29 is 18.7 Å². The Hall–Kier alpha value is -2.95. The summed E-state index contributed by atoms with van der Waals surface area (Å²) in [6.07, 6.45) is 0. The number of carbonyl (C=O) groups is 1. The second-order valence-corrected chi connectivity index (χ2v) is 5.33. The van der Waals surface area contributed by atoms with Crippen LogP contribution in [0.4, 0.5) is 5.69 Å². The number of amides is 1. The summed E-state index contributed by atoms with van der Waals surface area (Å²) in [4.78, 5) is 12.5. The largest absolute Gasteiger partial charge is 0.497 e. The van der Waals surface area contributed by atoms with Gasteiger partial charge in [0, 0.05) is 16.6 Å². The molecule has 0 aliphatic heterocycles. The molecule has 0 spiro atoms. The van der Waals surface area contributed by atoms with Crippen LogP contribution in [-0.2, 0) is 0 Å². The van der Waals surface area contributed by atoms with Crippen LogP contribution >= 0.6 is 0 Å². The van der Waals surface area contributed by atoms with Gasteiger partial charge < -0.3 is 19.2 Å². The van der Waals surface area contributed by atoms with E-state index in [1.165, 1.54) is 0 Å². The summed E-state index contributed by atoms with van der Waals surface area (Å²) in [5.74, 6) is 1.51. The summed E-state index contributed by atoms with van der Waals surface area (Å²) in [5, 5.41) is 3.71. The lowest BCUT2D eigenvalue weighted by Crippen LogP contribution is -2.12. The second kappa shape index (κ2) is 6.66. The molecule has 1 amide bonds. The Kier molecular flexibility index (Phi) is 4.42. The lowest BCUT2D eigenvalue weighted by atomic mass is 10.1. The number of ether oxygens (including phenoxy) is 2. The molecule has 0 aliphatic rings. The zero-order chi connectivity index (χ0) is 17.1. The van der Waals surface area contributed by atoms with E-state index in [-0.39, 0.29) is 5.91 Å². The third kappa shape index (κ3) is 3.06. The van der Waals surface area contributed by atoms with Gasteiger partial charge in [0.05, 0.1) is 13.7 Å². The van der Waals surface area contributed by atoms with Crippen molar-refractivity contribution in [1.29, 1.82) is 0 Å². The van der Waals surface area contributed by atoms with Gasteiger partial charge in [0.2, 0.25) is 0 Å². The van der Waals surface area contributed by atoms with Crippen molar-refractivity contribution in [1.82, 2.24) is 0 Å². The van der Waals surface area contributed by atoms with E-state index < -0.39 is 0 Å². The van der Waals surface area contributed by atoms with Crippen LogP contribution in [0.3, 0.4) is 0 Å². The van der Waals surface area contributed by atoms with Crippen LogP contribution in [-0.4, -0.2) is 19.6 Å². The average molecular weight is 325 g/mol. The molecule has 24 heavy (non-hydrogen) atoms. The first-order valence-corrected chi connectivity index (χ1v) is 7.73. The fourth-order valence-electron chi connectivity index (χ4n) is 2.53. The van der Waals surface area contributed by atoms with Crippen LogP contribution in [0.15, 0.2) is 46.9 Å². The lowest BCUT2D eigenvalue weighted by Gasteiger charge is -2.06. The minimum atomic E-state index is -0.285. The van der Waals surface area contributed by atoms with E-state index in [1.54, 1.807) is 31.4 Å². The number of methoxy groups -OCH3 is 1. The quantitative estimate of drug-likeness (QED) is 0.755. The van der Waals surface area contributed by atoms with Crippen LogP contribution in [0.1, 0.15) is 23.0 Å². The number of furan rings is 1. The highest BCUT2D eigenvalue weighted by molar-refractivity contribution is 6.06. The van der Waals surface area contributed by atoms with Crippen molar-refractivity contribution >= 4 is 22.6 Å². The molecule has 0 aliphatic carbocycles. The van der Waals surface area contributed by atoms with E-state index in [9.17, 15) is 4.79 Å². The highest BCUT2D eigenvalue weighted by atomic mass is 16.5. The van der Waals surface area contributed by atoms with Gasteiger partial charge in [-0.1, -0.05) is 0 Å². The van der Waals surface area contributed by atoms with Crippen molar-refractivity contribution in [2.45, 2.75) is 13.8 Å². The first-order valence-electron chi connectivity index (χ1n) is 7.73. The monoisotopic (exact) mass is 325 g/mol. The Labute approximate surface area is 140 Å². The summed E-state index contributed by atoms with van der Waals surface area (Å²) in [6.45, 7) is 4.39. The number of anilines is 1. The van der Waals surface area contributed by atoms with Gasteiger partial charge in [-0.15, -0.1) is 0 Å². The number of carbonyl (C=O) groups excluding carboxylic acids is 1. The van der Waals surface area contributed by atoms with Crippen LogP contribution in [0.25, 0.3) is 11.0 Å². The Morgan fingerprint density at radius 2 is 1.83 bits per heavy atom. The zero-order valence-electron chi connectivity index (χ0n) is 13.9. The molecule has 1 N–H and O–H groups in total. The van der Waals surface area contributed by atoms with Gasteiger partial charge in [0.1, 0.15) is 17.1 Å². The van der Waals surface area contributed by atoms with Gasteiger partial charge in [0.25, 0.3) is 5.91 Å². The summed E-state index contributed by atoms with van der Waals surface area (Å²) < 4.78 is 16.3. The normalized spacial score (nSPS) is 10.6. The predicted octanol–water partition coefficient (Wildman–Crippen LogP) is 4.40. The molecule has 0 bridgehead atoms. The maximum absolute atomic E-state index is 12.5. The highest BCUT2D eigenvalue weighted by Gasteiger charge is 2.18. The number of benzene rings is 2. The zero-order valence-corrected chi connectivity index (χ0v) is 13.9. The number of hydrogen-bond acceptors (Lipinski definition) is 4. The fourth-order valence-corrected chi connectivity index (χ4v) is 2.53. The molecule has 0 atom stereocenters. The van der Waals surface area contributed by atoms with Gasteiger partial charge >= 0.3 is 0 Å². The third-order valence-corrected chi connectivity index (χ3v) is 3.77. The number of fused-ring (bicyclic) bond motifs is 1. The molecular formula is C19H19NO4. The standard InChI is InChI=1S/C19H19NO4/c1-4-23-14-7-5-13(6-8-14)20-19(21)18-12(2)16-11-15(22-3)9-10-17(16)24-18/h5-11H,4H2,1-3H3,(H,20,21). The lowest BCUT2D eigenvalue weighted by molar-refractivity contribution is 0.0998. The van der Waals surface area contributed by atoms with Crippen molar-refractivity contribution in [2.24, 2.45) is 0 Å². The molecule has 0 saturated carbocycles. The maximum atomic E-state index is 12.5. The number of aryl methyl sites for hydroxylation is 1. The van der Waals surface area contributed by atoms with Crippen molar-refractivity contribution in [3.05, 3.63) is 53.8 Å². The van der Waals surface area contributed by atoms with Crippen molar-refractivity contribution in [2.75, 3.05) is 19.0 Å². The smallest absolute Gasteiger partial charge is 0.291 e. The summed E-state index contributed by atoms with van der Waals surface area (Å²) >= 11 is 0. The van der Waals surface area contributed by atoms with Crippen LogP contribution < -0.4 is 14.8 Å². The molecule has 3 rings (SSSR count). The highest BCUT2D eigenvalue weighted by Crippen LogP contribution is 2.29. The predicted molar refractivity (Wildman–Crippen MR) is 93.1 cm³/mol. The molecule has 5 heteroatoms. The van der Waals surface area contributed by atoms with E-state index in [1.807, 2.05) is 32.0 Å². The molecule has 1 heterocycles. The molecule has 124 valence electrons. The molecule has 1 aromatic heterocycles. The van der Waals surface area contributed by atoms with E-state index >= 15 is 0 Å². The molecule has 2 aromatic carbocycles. The second-order valence-electron chi connectivity index (χ2n) is 5.33. The molecule has 3 aromatic rings. The number of hydrogen-bond donors (Lipinski definition) is 1. The minimum absolute atomic E-state index is 0.285. The average Bonchev–Trinajstić information content (AvgIpc) is 2.93. The van der Waals surface area contributed by atoms with Crippen molar-refractivity contribution in [3.8, 4) is 11.5 Å². The Balaban J connectivity index is 1.84. The molecule has 0 fully saturated rings. The van der Waals surface area contributed by atoms with Gasteiger partial charge in [-0.25, -0.2) is 0 Å². The van der Waals surface area contributed by atoms with Gasteiger partial charge in [-0.05, 0) is 56.3 Å². The van der Waals surface area contributed by atoms with Gasteiger partial charge in [-0.3, -0.25) is 4.79 Å². The third-order valence-electron chi connectivity index (χ3n) is 3.77. The molecule has 0 radical (unpaired) electrons. The van der Waals surface area contributed by atoms with Crippen LogP contribution in [0.2, 0.25) is 0 Å². The van der Waals surface area contributed by atoms with Crippen molar-refractivity contribution in [3.63, 3.8) is 0 Å². The van der Waals surface area contributed by atoms with E-state index in [4.69, 9.17) is 13.9 Å². The Morgan fingerprint density at radius 3 is 2.50 bits per heavy atom. The van der Waals surface area contributed by atoms with E-state index in [0.717, 1.165) is 22.4 Å². The SMILES string of the molecule is CCOc1ccc(NC(=O)c2oc3ccc(OC)cc3c2C)cc1. The summed E-state index contributed by atoms with van der Waals surface area (Å²) in [6, 6.07) is 12.7. The summed E-state index contributed by atoms with van der Waals surface area (Å²) in [7, 11) is 1.61. The first-order chi connectivity index (χ1) is 11.6. The molecule has 0 saturated heterocycles. The fraction of sp³-hybridized carbons (Fsp3) is 0.211. The van der Waals surface area contributed by atoms with Gasteiger partial charge in [-0.2, -0.15) is 0 Å². The first kappa shape index (κ1) is 15.9. The number of nitrogens with one attached hydrogen (secondary N) is 1. The minimum Gasteiger partial charge on any atom is -0.497 e. The number of rotatable bonds is 5. The van der Waals surface area contributed by atoms with E-state index in [2.05, 4.69) is 5.32 Å². The Bertz CT molecular complexity index is 865. The summed E-state index contributed by atoms with van der Waals surface area (Å²) in [5.41, 5.74) is 2.12. The molecular weight excluding hydrogens is 306 g/mol. The van der Waals surface area contributed by atoms with Crippen LogP contribution in [0.5, 0.6) is 11.5 Å². The van der Waals surface area contributed by atoms with Crippen LogP contribution in [0, 0.1) is 6.92 Å². The molecule has 0 unspecified atom stereocenters. The topological polar surface area (TPSA) is 60.7 Å². The molecule has 5 nitrogen and oxygen atoms in total. The van der Waals surface area contributed by atoms with E-state index in [0.29, 0.717) is 23.6 Å². The Morgan fingerprint density at radius 1 is 1.12 bits per heavy atom. The van der Waals surface area contributed by atoms with Gasteiger partial charge in [0.15, 0.2) is 5.76 Å². The maximum Gasteiger partial charge on any atom is 0.291 e.